The summed E-state index contributed by atoms with van der Waals surface area (Å²) in [6, 6.07) is 12.1. The molecule has 3 aromatic rings. The summed E-state index contributed by atoms with van der Waals surface area (Å²) in [5.74, 6) is 13.1. The van der Waals surface area contributed by atoms with Gasteiger partial charge in [-0.05, 0) is 200 Å². The van der Waals surface area contributed by atoms with Crippen LogP contribution in [0, 0.1) is 92.7 Å². The van der Waals surface area contributed by atoms with E-state index in [-0.39, 0.29) is 41.8 Å². The van der Waals surface area contributed by atoms with E-state index in [0.29, 0.717) is 81.8 Å². The van der Waals surface area contributed by atoms with Gasteiger partial charge < -0.3 is 25.0 Å². The highest BCUT2D eigenvalue weighted by Gasteiger charge is 2.91. The van der Waals surface area contributed by atoms with Gasteiger partial charge in [0.25, 0.3) is 0 Å². The molecule has 0 radical (unpaired) electrons. The molecular weight excluding hydrogens is 719 g/mol. The number of hydrogen-bond donors (Lipinski definition) is 3. The number of nitrogens with one attached hydrogen (secondary N) is 1. The highest BCUT2D eigenvalue weighted by Crippen LogP contribution is 2.97. The molecule has 3 N–H and O–H groups in total. The summed E-state index contributed by atoms with van der Waals surface area (Å²) in [5, 5.41) is 26.8. The predicted molar refractivity (Wildman–Crippen MR) is 221 cm³/mol. The Morgan fingerprint density at radius 2 is 0.983 bits per heavy atom. The number of anilines is 1. The Kier molecular flexibility index (Phi) is 5.60. The number of fused-ring (bicyclic) bond motifs is 40. The molecule has 0 aromatic heterocycles. The maximum atomic E-state index is 12.0. The molecule has 0 aliphatic heterocycles. The van der Waals surface area contributed by atoms with Crippen LogP contribution in [0.2, 0.25) is 0 Å². The quantitative estimate of drug-likeness (QED) is 0.225. The first-order valence-corrected chi connectivity index (χ1v) is 23.3. The predicted octanol–water partition coefficient (Wildman–Crippen LogP) is 9.14. The van der Waals surface area contributed by atoms with E-state index in [0.717, 1.165) is 40.9 Å². The van der Waals surface area contributed by atoms with Crippen LogP contribution in [0.1, 0.15) is 129 Å². The van der Waals surface area contributed by atoms with Crippen LogP contribution in [0.15, 0.2) is 30.3 Å². The van der Waals surface area contributed by atoms with Crippen LogP contribution in [-0.4, -0.2) is 43.6 Å². The van der Waals surface area contributed by atoms with Crippen molar-refractivity contribution in [3.8, 4) is 11.5 Å². The number of ether oxygens (including phenoxy) is 2. The van der Waals surface area contributed by atoms with Gasteiger partial charge in [-0.1, -0.05) is 33.8 Å². The fraction of sp³-hybridized carbons (Fsp3) is 0.673. The maximum absolute atomic E-state index is 12.0. The Bertz CT molecular complexity index is 2510. The average molecular weight is 778 g/mol. The number of aliphatic hydroxyl groups is 2. The lowest BCUT2D eigenvalue weighted by Gasteiger charge is -2.84. The molecular formula is C52H59NO5. The summed E-state index contributed by atoms with van der Waals surface area (Å²) in [6.07, 6.45) is 5.01. The smallest absolute Gasteiger partial charge is 0.221 e. The molecule has 9 fully saturated rings. The van der Waals surface area contributed by atoms with Crippen molar-refractivity contribution < 1.29 is 24.5 Å². The van der Waals surface area contributed by atoms with Gasteiger partial charge in [0.1, 0.15) is 11.5 Å². The molecule has 0 spiro atoms. The monoisotopic (exact) mass is 777 g/mol. The molecule has 58 heavy (non-hydrogen) atoms. The van der Waals surface area contributed by atoms with Crippen molar-refractivity contribution in [3.63, 3.8) is 0 Å². The summed E-state index contributed by atoms with van der Waals surface area (Å²) >= 11 is 0. The number of hydrogen-bond acceptors (Lipinski definition) is 5. The van der Waals surface area contributed by atoms with E-state index in [2.05, 4.69) is 63.3 Å². The van der Waals surface area contributed by atoms with Gasteiger partial charge in [-0.2, -0.15) is 0 Å². The molecule has 0 heterocycles. The third-order valence-corrected chi connectivity index (χ3v) is 23.7. The van der Waals surface area contributed by atoms with E-state index >= 15 is 0 Å². The van der Waals surface area contributed by atoms with Crippen molar-refractivity contribution in [2.24, 2.45) is 92.7 Å². The van der Waals surface area contributed by atoms with E-state index in [1.165, 1.54) is 53.1 Å². The normalized spacial score (nSPS) is 54.2. The van der Waals surface area contributed by atoms with Gasteiger partial charge in [-0.15, -0.1) is 0 Å². The Morgan fingerprint density at radius 3 is 1.41 bits per heavy atom. The first-order chi connectivity index (χ1) is 27.9. The molecule has 6 nitrogen and oxygen atoms in total. The molecule has 9 saturated carbocycles. The molecule has 12 aliphatic carbocycles. The van der Waals surface area contributed by atoms with E-state index in [9.17, 15) is 15.0 Å². The van der Waals surface area contributed by atoms with Gasteiger partial charge >= 0.3 is 0 Å². The van der Waals surface area contributed by atoms with Crippen molar-refractivity contribution in [1.29, 1.82) is 0 Å². The number of amides is 1. The Hall–Kier alpha value is -3.09. The lowest BCUT2D eigenvalue weighted by atomic mass is 9.19. The summed E-state index contributed by atoms with van der Waals surface area (Å²) in [4.78, 5) is 12.0. The second-order valence-electron chi connectivity index (χ2n) is 23.4. The van der Waals surface area contributed by atoms with Crippen molar-refractivity contribution >= 4 is 22.4 Å². The van der Waals surface area contributed by atoms with E-state index in [4.69, 9.17) is 9.47 Å². The van der Waals surface area contributed by atoms with Crippen molar-refractivity contribution in [1.82, 2.24) is 0 Å². The molecule has 1 amide bonds. The highest BCUT2D eigenvalue weighted by molar-refractivity contribution is 5.99. The maximum Gasteiger partial charge on any atom is 0.221 e. The van der Waals surface area contributed by atoms with Gasteiger partial charge in [0.2, 0.25) is 5.91 Å². The van der Waals surface area contributed by atoms with E-state index in [1.807, 2.05) is 14.2 Å². The van der Waals surface area contributed by atoms with Crippen LogP contribution in [-0.2, 0) is 4.79 Å². The van der Waals surface area contributed by atoms with Crippen LogP contribution in [0.5, 0.6) is 11.5 Å². The molecule has 6 heteroatoms. The SMILES string of the molecule is COc1c2c(c(OC)c3cc4c(cc13)[C@@H]1C[C@H]4C3C1[C@@]1(C)C4C([C@H]5C[C@@H]4c4cc(NC(C)=O)ccc45)[C@@]31C)[C@@H]1C[C@H]2C2C1[C@@]1(C)C3C([C@H]4C[C@@H]3[C@H](CO)[C@@H]4CO)[C@@]21C. The first kappa shape index (κ1) is 33.6. The Balaban J connectivity index is 0.832. The summed E-state index contributed by atoms with van der Waals surface area (Å²) < 4.78 is 13.3. The van der Waals surface area contributed by atoms with Gasteiger partial charge in [0.15, 0.2) is 0 Å². The second kappa shape index (κ2) is 9.67. The molecule has 3 aromatic carbocycles. The number of methoxy groups -OCH3 is 2. The second-order valence-corrected chi connectivity index (χ2v) is 23.4. The number of rotatable bonds is 5. The lowest BCUT2D eigenvalue weighted by molar-refractivity contribution is -0.371. The van der Waals surface area contributed by atoms with Crippen LogP contribution in [0.4, 0.5) is 5.69 Å². The fourth-order valence-electron chi connectivity index (χ4n) is 22.9. The minimum atomic E-state index is 0.0112. The average Bonchev–Trinajstić information content (AvgIpc) is 4.10. The molecule has 302 valence electrons. The van der Waals surface area contributed by atoms with Crippen LogP contribution < -0.4 is 14.8 Å². The zero-order chi connectivity index (χ0) is 39.2. The molecule has 8 bridgehead atoms. The standard InChI is InChI=1S/C52H59NO5/c1-19(56)53-20-8-9-21-22(10-20)26-13-25(21)39-40(26)50(3)42-28-14-27(41(42)49(39,50)2)23-11-31-32(12-24(23)28)48(58-7)38-34-16-33(37(38)47(31)57-6)45-46(34)52(5)44-30-15-29(43(44)51(45,52)4)35(17-54)36(30)18-55/h8-12,25-30,33-36,39-46,54-55H,13-18H2,1-7H3,(H,53,56)/t25-,26+,27+,28-,29+,30-,33-,34+,35-,36+,39?,40?,41?,42?,43?,44?,45?,46?,49-,50+,51+,52-/m0/s1. The van der Waals surface area contributed by atoms with E-state index < -0.39 is 0 Å². The third-order valence-electron chi connectivity index (χ3n) is 23.7. The molecule has 15 rings (SSSR count). The molecule has 22 atom stereocenters. The van der Waals surface area contributed by atoms with Crippen LogP contribution >= 0.6 is 0 Å². The number of benzene rings is 3. The fourth-order valence-corrected chi connectivity index (χ4v) is 22.9. The third kappa shape index (κ3) is 2.84. The minimum Gasteiger partial charge on any atom is -0.496 e. The van der Waals surface area contributed by atoms with Gasteiger partial charge in [0.05, 0.1) is 14.2 Å². The van der Waals surface area contributed by atoms with Crippen LogP contribution in [0.3, 0.4) is 0 Å². The van der Waals surface area contributed by atoms with Crippen LogP contribution in [0.25, 0.3) is 10.8 Å². The topological polar surface area (TPSA) is 88.0 Å². The van der Waals surface area contributed by atoms with Gasteiger partial charge in [-0.25, -0.2) is 0 Å². The zero-order valence-electron chi connectivity index (χ0n) is 35.1. The van der Waals surface area contributed by atoms with Gasteiger partial charge in [0, 0.05) is 47.7 Å². The number of carbonyl (C=O) groups excluding carboxylic acids is 1. The highest BCUT2D eigenvalue weighted by atomic mass is 16.5. The lowest BCUT2D eigenvalue weighted by Crippen LogP contribution is -2.81. The summed E-state index contributed by atoms with van der Waals surface area (Å²) in [7, 11) is 3.86. The zero-order valence-corrected chi connectivity index (χ0v) is 35.1. The van der Waals surface area contributed by atoms with Crippen molar-refractivity contribution in [2.75, 3.05) is 32.8 Å². The van der Waals surface area contributed by atoms with Gasteiger partial charge in [-0.3, -0.25) is 4.79 Å². The Labute approximate surface area is 342 Å². The minimum absolute atomic E-state index is 0.0112. The molecule has 0 saturated heterocycles. The molecule has 8 unspecified atom stereocenters. The first-order valence-electron chi connectivity index (χ1n) is 23.3. The summed E-state index contributed by atoms with van der Waals surface area (Å²) in [6.45, 7) is 12.8. The largest absolute Gasteiger partial charge is 0.496 e. The summed E-state index contributed by atoms with van der Waals surface area (Å²) in [5.41, 5.74) is 11.5. The number of carbonyl (C=O) groups is 1. The number of aliphatic hydroxyl groups excluding tert-OH is 2. The molecule has 12 aliphatic rings. The van der Waals surface area contributed by atoms with Crippen molar-refractivity contribution in [3.05, 3.63) is 63.7 Å². The Morgan fingerprint density at radius 1 is 0.586 bits per heavy atom. The van der Waals surface area contributed by atoms with Crippen molar-refractivity contribution in [2.45, 2.75) is 95.8 Å². The van der Waals surface area contributed by atoms with E-state index in [1.54, 1.807) is 23.6 Å².